The van der Waals surface area contributed by atoms with Crippen molar-refractivity contribution in [2.75, 3.05) is 12.8 Å². The molecule has 0 aliphatic rings. The second kappa shape index (κ2) is 8.01. The third-order valence-corrected chi connectivity index (χ3v) is 5.18. The molecule has 0 aliphatic carbocycles. The molecule has 0 aliphatic heterocycles. The number of thioether (sulfide) groups is 1. The fraction of sp³-hybridized carbons (Fsp3) is 0.300. The van der Waals surface area contributed by atoms with Crippen molar-refractivity contribution in [3.63, 3.8) is 0 Å². The SMILES string of the molecule is CSc1ccc(Cc2c(C)n(C/C(F)=C/CN)c3ccc(C)nc23)nc1. The summed E-state index contributed by atoms with van der Waals surface area (Å²) in [5.74, 6) is -0.234. The summed E-state index contributed by atoms with van der Waals surface area (Å²) in [6.07, 6.45) is 6.00. The van der Waals surface area contributed by atoms with Crippen molar-refractivity contribution in [2.45, 2.75) is 31.7 Å². The smallest absolute Gasteiger partial charge is 0.117 e. The predicted molar refractivity (Wildman–Crippen MR) is 106 cm³/mol. The summed E-state index contributed by atoms with van der Waals surface area (Å²) in [5.41, 5.74) is 11.3. The first-order valence-electron chi connectivity index (χ1n) is 8.52. The van der Waals surface area contributed by atoms with E-state index in [1.54, 1.807) is 11.8 Å². The highest BCUT2D eigenvalue weighted by molar-refractivity contribution is 7.98. The maximum Gasteiger partial charge on any atom is 0.117 e. The number of fused-ring (bicyclic) bond motifs is 1. The maximum atomic E-state index is 14.1. The van der Waals surface area contributed by atoms with Crippen LogP contribution in [-0.2, 0) is 13.0 Å². The Morgan fingerprint density at radius 2 is 2.08 bits per heavy atom. The second-order valence-electron chi connectivity index (χ2n) is 6.22. The molecule has 0 aromatic carbocycles. The molecule has 0 saturated carbocycles. The van der Waals surface area contributed by atoms with Gasteiger partial charge in [-0.15, -0.1) is 11.8 Å². The molecule has 3 aromatic rings. The van der Waals surface area contributed by atoms with Crippen LogP contribution in [0.2, 0.25) is 0 Å². The molecule has 0 unspecified atom stereocenters. The van der Waals surface area contributed by atoms with Gasteiger partial charge in [-0.05, 0) is 50.4 Å². The van der Waals surface area contributed by atoms with E-state index in [0.29, 0.717) is 6.42 Å². The number of hydrogen-bond acceptors (Lipinski definition) is 4. The van der Waals surface area contributed by atoms with Crippen LogP contribution in [0.4, 0.5) is 4.39 Å². The molecule has 0 atom stereocenters. The normalized spacial score (nSPS) is 12.1. The predicted octanol–water partition coefficient (Wildman–Crippen LogP) is 4.17. The Balaban J connectivity index is 2.07. The lowest BCUT2D eigenvalue weighted by Gasteiger charge is -2.07. The maximum absolute atomic E-state index is 14.1. The molecule has 0 fully saturated rings. The van der Waals surface area contributed by atoms with Gasteiger partial charge in [-0.25, -0.2) is 4.39 Å². The molecule has 26 heavy (non-hydrogen) atoms. The summed E-state index contributed by atoms with van der Waals surface area (Å²) in [5, 5.41) is 0. The van der Waals surface area contributed by atoms with Gasteiger partial charge in [-0.3, -0.25) is 9.97 Å². The minimum Gasteiger partial charge on any atom is -0.336 e. The van der Waals surface area contributed by atoms with Gasteiger partial charge in [0, 0.05) is 46.7 Å². The van der Waals surface area contributed by atoms with Crippen molar-refractivity contribution in [3.8, 4) is 0 Å². The summed E-state index contributed by atoms with van der Waals surface area (Å²) in [6.45, 7) is 4.35. The Bertz CT molecular complexity index is 945. The lowest BCUT2D eigenvalue weighted by Crippen LogP contribution is -2.04. The molecule has 4 nitrogen and oxygen atoms in total. The van der Waals surface area contributed by atoms with E-state index >= 15 is 0 Å². The summed E-state index contributed by atoms with van der Waals surface area (Å²) in [6, 6.07) is 8.08. The average Bonchev–Trinajstić information content (AvgIpc) is 2.87. The summed E-state index contributed by atoms with van der Waals surface area (Å²) >= 11 is 1.67. The highest BCUT2D eigenvalue weighted by atomic mass is 32.2. The summed E-state index contributed by atoms with van der Waals surface area (Å²) in [7, 11) is 0. The zero-order valence-corrected chi connectivity index (χ0v) is 16.1. The van der Waals surface area contributed by atoms with Crippen molar-refractivity contribution >= 4 is 22.8 Å². The van der Waals surface area contributed by atoms with Crippen LogP contribution in [0.3, 0.4) is 0 Å². The minimum atomic E-state index is -0.234. The number of allylic oxidation sites excluding steroid dienone is 1. The molecule has 3 rings (SSSR count). The first-order valence-corrected chi connectivity index (χ1v) is 9.74. The van der Waals surface area contributed by atoms with Crippen molar-refractivity contribution in [1.29, 1.82) is 0 Å². The summed E-state index contributed by atoms with van der Waals surface area (Å²) in [4.78, 5) is 10.4. The van der Waals surface area contributed by atoms with E-state index in [4.69, 9.17) is 10.7 Å². The minimum absolute atomic E-state index is 0.170. The first-order chi connectivity index (χ1) is 12.5. The van der Waals surface area contributed by atoms with Gasteiger partial charge in [0.25, 0.3) is 0 Å². The Morgan fingerprint density at radius 3 is 2.73 bits per heavy atom. The van der Waals surface area contributed by atoms with Gasteiger partial charge in [-0.2, -0.15) is 0 Å². The van der Waals surface area contributed by atoms with Crippen molar-refractivity contribution < 1.29 is 4.39 Å². The third kappa shape index (κ3) is 3.81. The van der Waals surface area contributed by atoms with E-state index in [-0.39, 0.29) is 18.9 Å². The number of nitrogens with zero attached hydrogens (tertiary/aromatic N) is 3. The zero-order chi connectivity index (χ0) is 18.7. The molecule has 0 saturated heterocycles. The van der Waals surface area contributed by atoms with Crippen molar-refractivity contribution in [3.05, 3.63) is 65.0 Å². The lowest BCUT2D eigenvalue weighted by molar-refractivity contribution is 0.554. The second-order valence-corrected chi connectivity index (χ2v) is 7.10. The number of aryl methyl sites for hydroxylation is 1. The quantitative estimate of drug-likeness (QED) is 0.662. The van der Waals surface area contributed by atoms with Gasteiger partial charge in [0.05, 0.1) is 17.6 Å². The summed E-state index contributed by atoms with van der Waals surface area (Å²) < 4.78 is 16.1. The van der Waals surface area contributed by atoms with Gasteiger partial charge < -0.3 is 10.3 Å². The monoisotopic (exact) mass is 370 g/mol. The average molecular weight is 370 g/mol. The van der Waals surface area contributed by atoms with E-state index in [0.717, 1.165) is 38.6 Å². The van der Waals surface area contributed by atoms with Crippen molar-refractivity contribution in [2.24, 2.45) is 5.73 Å². The molecule has 6 heteroatoms. The molecule has 0 spiro atoms. The van der Waals surface area contributed by atoms with Gasteiger partial charge in [0.1, 0.15) is 5.83 Å². The number of pyridine rings is 2. The molecule has 0 bridgehead atoms. The number of rotatable bonds is 6. The highest BCUT2D eigenvalue weighted by Crippen LogP contribution is 2.28. The van der Waals surface area contributed by atoms with E-state index in [9.17, 15) is 4.39 Å². The van der Waals surface area contributed by atoms with Crippen LogP contribution in [-0.4, -0.2) is 27.3 Å². The fourth-order valence-electron chi connectivity index (χ4n) is 3.08. The van der Waals surface area contributed by atoms with E-state index in [2.05, 4.69) is 11.1 Å². The largest absolute Gasteiger partial charge is 0.336 e. The first kappa shape index (κ1) is 18.6. The molecule has 0 radical (unpaired) electrons. The molecule has 136 valence electrons. The lowest BCUT2D eigenvalue weighted by atomic mass is 10.1. The van der Waals surface area contributed by atoms with Crippen LogP contribution in [0.5, 0.6) is 0 Å². The van der Waals surface area contributed by atoms with Gasteiger partial charge >= 0.3 is 0 Å². The topological polar surface area (TPSA) is 56.7 Å². The van der Waals surface area contributed by atoms with Crippen LogP contribution in [0, 0.1) is 13.8 Å². The molecule has 2 N–H and O–H groups in total. The molecule has 3 aromatic heterocycles. The number of halogens is 1. The Morgan fingerprint density at radius 1 is 1.27 bits per heavy atom. The Kier molecular flexibility index (Phi) is 5.74. The Labute approximate surface area is 157 Å². The fourth-order valence-corrected chi connectivity index (χ4v) is 3.44. The highest BCUT2D eigenvalue weighted by Gasteiger charge is 2.17. The van der Waals surface area contributed by atoms with E-state index in [1.165, 1.54) is 6.08 Å². The molecule has 0 amide bonds. The van der Waals surface area contributed by atoms with Crippen LogP contribution >= 0.6 is 11.8 Å². The van der Waals surface area contributed by atoms with Crippen molar-refractivity contribution in [1.82, 2.24) is 14.5 Å². The van der Waals surface area contributed by atoms with Crippen LogP contribution in [0.25, 0.3) is 11.0 Å². The third-order valence-electron chi connectivity index (χ3n) is 4.47. The van der Waals surface area contributed by atoms with E-state index < -0.39 is 0 Å². The van der Waals surface area contributed by atoms with Gasteiger partial charge in [0.15, 0.2) is 0 Å². The van der Waals surface area contributed by atoms with Gasteiger partial charge in [-0.1, -0.05) is 0 Å². The molecular weight excluding hydrogens is 347 g/mol. The number of nitrogens with two attached hydrogens (primary N) is 1. The van der Waals surface area contributed by atoms with Gasteiger partial charge in [0.2, 0.25) is 0 Å². The standard InChI is InChI=1S/C20H23FN4S/c1-13-4-7-19-20(24-13)18(10-16-5-6-17(26-3)11-23-16)14(2)25(19)12-15(21)8-9-22/h4-8,11H,9-10,12,22H2,1-3H3/b15-8-. The Hall–Kier alpha value is -2.18. The number of hydrogen-bond donors (Lipinski definition) is 1. The molecular formula is C20H23FN4S. The van der Waals surface area contributed by atoms with Crippen LogP contribution in [0.1, 0.15) is 22.6 Å². The number of aromatic nitrogens is 3. The van der Waals surface area contributed by atoms with Crippen LogP contribution < -0.4 is 5.73 Å². The molecule has 3 heterocycles. The zero-order valence-electron chi connectivity index (χ0n) is 15.3. The van der Waals surface area contributed by atoms with Crippen LogP contribution in [0.15, 0.2) is 47.3 Å². The van der Waals surface area contributed by atoms with E-state index in [1.807, 2.05) is 49.1 Å².